The molecule has 0 saturated heterocycles. The third kappa shape index (κ3) is 4.35. The van der Waals surface area contributed by atoms with Crippen molar-refractivity contribution in [3.8, 4) is 5.75 Å². The standard InChI is InChI=1S/C17H22N2O/c1-13(2)20-16-8-6-15(7-9-16)17(18)10-5-14-4-3-11-19-12-14/h3-4,6-9,11-13,17H,5,10,18H2,1-2H3. The summed E-state index contributed by atoms with van der Waals surface area (Å²) in [5, 5.41) is 0. The minimum Gasteiger partial charge on any atom is -0.491 e. The molecule has 1 unspecified atom stereocenters. The molecule has 0 saturated carbocycles. The van der Waals surface area contributed by atoms with Gasteiger partial charge in [-0.2, -0.15) is 0 Å². The summed E-state index contributed by atoms with van der Waals surface area (Å²) in [5.74, 6) is 0.892. The summed E-state index contributed by atoms with van der Waals surface area (Å²) in [5.41, 5.74) is 8.60. The van der Waals surface area contributed by atoms with E-state index in [1.165, 1.54) is 5.56 Å². The van der Waals surface area contributed by atoms with Crippen LogP contribution in [-0.4, -0.2) is 11.1 Å². The molecule has 1 aromatic heterocycles. The summed E-state index contributed by atoms with van der Waals surface area (Å²) in [6.45, 7) is 4.04. The average molecular weight is 270 g/mol. The number of rotatable bonds is 6. The van der Waals surface area contributed by atoms with E-state index in [9.17, 15) is 0 Å². The second kappa shape index (κ2) is 7.06. The Hall–Kier alpha value is -1.87. The highest BCUT2D eigenvalue weighted by molar-refractivity contribution is 5.29. The minimum atomic E-state index is 0.0447. The van der Waals surface area contributed by atoms with Crippen molar-refractivity contribution in [2.24, 2.45) is 5.73 Å². The lowest BCUT2D eigenvalue weighted by atomic mass is 10.0. The minimum absolute atomic E-state index is 0.0447. The first-order valence-corrected chi connectivity index (χ1v) is 7.06. The van der Waals surface area contributed by atoms with Crippen molar-refractivity contribution in [1.29, 1.82) is 0 Å². The number of hydrogen-bond acceptors (Lipinski definition) is 3. The number of aromatic nitrogens is 1. The number of hydrogen-bond donors (Lipinski definition) is 1. The highest BCUT2D eigenvalue weighted by Crippen LogP contribution is 2.20. The van der Waals surface area contributed by atoms with Gasteiger partial charge in [0.25, 0.3) is 0 Å². The second-order valence-corrected chi connectivity index (χ2v) is 5.24. The smallest absolute Gasteiger partial charge is 0.119 e. The van der Waals surface area contributed by atoms with Gasteiger partial charge in [-0.05, 0) is 56.0 Å². The van der Waals surface area contributed by atoms with Crippen LogP contribution in [0, 0.1) is 0 Å². The van der Waals surface area contributed by atoms with Crippen LogP contribution >= 0.6 is 0 Å². The van der Waals surface area contributed by atoms with E-state index in [0.29, 0.717) is 0 Å². The quantitative estimate of drug-likeness (QED) is 0.874. The molecule has 1 heterocycles. The van der Waals surface area contributed by atoms with E-state index in [2.05, 4.69) is 11.1 Å². The highest BCUT2D eigenvalue weighted by Gasteiger charge is 2.07. The molecule has 20 heavy (non-hydrogen) atoms. The average Bonchev–Trinajstić information content (AvgIpc) is 2.46. The Labute approximate surface area is 120 Å². The lowest BCUT2D eigenvalue weighted by molar-refractivity contribution is 0.242. The van der Waals surface area contributed by atoms with E-state index in [0.717, 1.165) is 24.2 Å². The normalized spacial score (nSPS) is 12.4. The van der Waals surface area contributed by atoms with Gasteiger partial charge in [-0.15, -0.1) is 0 Å². The molecule has 3 nitrogen and oxygen atoms in total. The molecule has 2 rings (SSSR count). The van der Waals surface area contributed by atoms with E-state index in [1.54, 1.807) is 6.20 Å². The van der Waals surface area contributed by atoms with E-state index < -0.39 is 0 Å². The van der Waals surface area contributed by atoms with Gasteiger partial charge in [-0.3, -0.25) is 4.98 Å². The Kier molecular flexibility index (Phi) is 5.13. The van der Waals surface area contributed by atoms with Crippen LogP contribution in [0.3, 0.4) is 0 Å². The Morgan fingerprint density at radius 2 is 1.90 bits per heavy atom. The second-order valence-electron chi connectivity index (χ2n) is 5.24. The third-order valence-corrected chi connectivity index (χ3v) is 3.15. The SMILES string of the molecule is CC(C)Oc1ccc(C(N)CCc2cccnc2)cc1. The molecule has 2 aromatic rings. The van der Waals surface area contributed by atoms with Crippen molar-refractivity contribution in [2.75, 3.05) is 0 Å². The van der Waals surface area contributed by atoms with Gasteiger partial charge in [0.2, 0.25) is 0 Å². The van der Waals surface area contributed by atoms with Gasteiger partial charge in [0.15, 0.2) is 0 Å². The number of nitrogens with zero attached hydrogens (tertiary/aromatic N) is 1. The maximum atomic E-state index is 6.23. The number of aryl methyl sites for hydroxylation is 1. The van der Waals surface area contributed by atoms with E-state index in [1.807, 2.05) is 50.4 Å². The lowest BCUT2D eigenvalue weighted by Gasteiger charge is -2.14. The van der Waals surface area contributed by atoms with Crippen molar-refractivity contribution in [3.05, 3.63) is 59.9 Å². The van der Waals surface area contributed by atoms with Crippen LogP contribution in [0.1, 0.15) is 37.4 Å². The van der Waals surface area contributed by atoms with Crippen molar-refractivity contribution in [1.82, 2.24) is 4.98 Å². The first-order valence-electron chi connectivity index (χ1n) is 7.06. The molecule has 1 aromatic carbocycles. The predicted molar refractivity (Wildman–Crippen MR) is 81.7 cm³/mol. The molecular weight excluding hydrogens is 248 g/mol. The maximum Gasteiger partial charge on any atom is 0.119 e. The third-order valence-electron chi connectivity index (χ3n) is 3.15. The van der Waals surface area contributed by atoms with Gasteiger partial charge >= 0.3 is 0 Å². The summed E-state index contributed by atoms with van der Waals surface area (Å²) in [4.78, 5) is 4.12. The molecule has 1 atom stereocenters. The largest absolute Gasteiger partial charge is 0.491 e. The van der Waals surface area contributed by atoms with Crippen LogP contribution in [0.4, 0.5) is 0 Å². The molecule has 0 radical (unpaired) electrons. The van der Waals surface area contributed by atoms with E-state index in [-0.39, 0.29) is 12.1 Å². The van der Waals surface area contributed by atoms with Gasteiger partial charge in [0, 0.05) is 18.4 Å². The van der Waals surface area contributed by atoms with Crippen LogP contribution in [0.25, 0.3) is 0 Å². The maximum absolute atomic E-state index is 6.23. The summed E-state index contributed by atoms with van der Waals surface area (Å²) in [7, 11) is 0. The van der Waals surface area contributed by atoms with Gasteiger partial charge in [-0.1, -0.05) is 18.2 Å². The van der Waals surface area contributed by atoms with Crippen LogP contribution in [0.5, 0.6) is 5.75 Å². The van der Waals surface area contributed by atoms with Crippen molar-refractivity contribution >= 4 is 0 Å². The number of ether oxygens (including phenoxy) is 1. The van der Waals surface area contributed by atoms with Gasteiger partial charge in [0.05, 0.1) is 6.10 Å². The fourth-order valence-electron chi connectivity index (χ4n) is 2.10. The molecule has 0 aliphatic carbocycles. The molecule has 0 aliphatic heterocycles. The molecular formula is C17H22N2O. The van der Waals surface area contributed by atoms with Crippen molar-refractivity contribution < 1.29 is 4.74 Å². The summed E-state index contributed by atoms with van der Waals surface area (Å²) < 4.78 is 5.63. The number of benzene rings is 1. The van der Waals surface area contributed by atoms with Crippen LogP contribution < -0.4 is 10.5 Å². The van der Waals surface area contributed by atoms with Gasteiger partial charge < -0.3 is 10.5 Å². The molecule has 0 spiro atoms. The van der Waals surface area contributed by atoms with Crippen molar-refractivity contribution in [3.63, 3.8) is 0 Å². The topological polar surface area (TPSA) is 48.1 Å². The first kappa shape index (κ1) is 14.5. The molecule has 0 amide bonds. The number of nitrogens with two attached hydrogens (primary N) is 1. The van der Waals surface area contributed by atoms with E-state index >= 15 is 0 Å². The first-order chi connectivity index (χ1) is 9.65. The van der Waals surface area contributed by atoms with Crippen LogP contribution in [0.2, 0.25) is 0 Å². The Morgan fingerprint density at radius 3 is 2.50 bits per heavy atom. The zero-order chi connectivity index (χ0) is 14.4. The summed E-state index contributed by atoms with van der Waals surface area (Å²) >= 11 is 0. The fourth-order valence-corrected chi connectivity index (χ4v) is 2.10. The van der Waals surface area contributed by atoms with E-state index in [4.69, 9.17) is 10.5 Å². The molecule has 0 bridgehead atoms. The highest BCUT2D eigenvalue weighted by atomic mass is 16.5. The Morgan fingerprint density at radius 1 is 1.15 bits per heavy atom. The zero-order valence-corrected chi connectivity index (χ0v) is 12.1. The van der Waals surface area contributed by atoms with Gasteiger partial charge in [-0.25, -0.2) is 0 Å². The lowest BCUT2D eigenvalue weighted by Crippen LogP contribution is -2.11. The number of pyridine rings is 1. The van der Waals surface area contributed by atoms with Crippen LogP contribution in [-0.2, 0) is 6.42 Å². The monoisotopic (exact) mass is 270 g/mol. The summed E-state index contributed by atoms with van der Waals surface area (Å²) in [6, 6.07) is 12.1. The molecule has 3 heteroatoms. The fraction of sp³-hybridized carbons (Fsp3) is 0.353. The summed E-state index contributed by atoms with van der Waals surface area (Å²) in [6.07, 6.45) is 5.73. The molecule has 0 aliphatic rings. The van der Waals surface area contributed by atoms with Crippen molar-refractivity contribution in [2.45, 2.75) is 38.8 Å². The Bertz CT molecular complexity index is 508. The predicted octanol–water partition coefficient (Wildman–Crippen LogP) is 3.50. The molecule has 106 valence electrons. The molecule has 0 fully saturated rings. The van der Waals surface area contributed by atoms with Gasteiger partial charge in [0.1, 0.15) is 5.75 Å². The van der Waals surface area contributed by atoms with Crippen LogP contribution in [0.15, 0.2) is 48.8 Å². The molecule has 2 N–H and O–H groups in total. The Balaban J connectivity index is 1.90. The zero-order valence-electron chi connectivity index (χ0n) is 12.1.